The molecule has 0 aromatic heterocycles. The average molecular weight is 606 g/mol. The van der Waals surface area contributed by atoms with Crippen molar-refractivity contribution in [3.8, 4) is 17.2 Å². The summed E-state index contributed by atoms with van der Waals surface area (Å²) < 4.78 is 17.1. The molecule has 5 rings (SSSR count). The molecule has 2 aromatic carbocycles. The van der Waals surface area contributed by atoms with Gasteiger partial charge in [0.1, 0.15) is 22.8 Å². The van der Waals surface area contributed by atoms with Crippen LogP contribution in [0, 0.1) is 0 Å². The van der Waals surface area contributed by atoms with Crippen LogP contribution in [0.1, 0.15) is 68.8 Å². The maximum atomic E-state index is 13.7. The Bertz CT molecular complexity index is 1380. The maximum absolute atomic E-state index is 13.7. The molecule has 6 atom stereocenters. The second kappa shape index (κ2) is 9.95. The third-order valence-corrected chi connectivity index (χ3v) is 8.29. The quantitative estimate of drug-likeness (QED) is 0.209. The van der Waals surface area contributed by atoms with Crippen molar-refractivity contribution >= 4 is 33.3 Å². The lowest BCUT2D eigenvalue weighted by Gasteiger charge is -2.42. The van der Waals surface area contributed by atoms with Gasteiger partial charge in [-0.15, -0.1) is 0 Å². The molecule has 0 unspecified atom stereocenters. The Hall–Kier alpha value is -2.87. The first-order valence-corrected chi connectivity index (χ1v) is 13.5. The van der Waals surface area contributed by atoms with E-state index in [1.54, 1.807) is 6.92 Å². The summed E-state index contributed by atoms with van der Waals surface area (Å²) in [4.78, 5) is 40.0. The lowest BCUT2D eigenvalue weighted by Crippen LogP contribution is -2.52. The topological polar surface area (TPSA) is 186 Å². The first kappa shape index (κ1) is 27.7. The highest BCUT2D eigenvalue weighted by Gasteiger charge is 2.50. The number of nitrogens with two attached hydrogens (primary N) is 1. The molecule has 12 heteroatoms. The molecule has 1 heterocycles. The number of hydrogen-bond donors (Lipinski definition) is 5. The van der Waals surface area contributed by atoms with Crippen molar-refractivity contribution in [2.45, 2.75) is 62.4 Å². The number of ketones is 3. The van der Waals surface area contributed by atoms with E-state index < -0.39 is 82.6 Å². The Kier molecular flexibility index (Phi) is 7.06. The number of phenols is 2. The van der Waals surface area contributed by atoms with E-state index in [0.29, 0.717) is 0 Å². The van der Waals surface area contributed by atoms with Crippen molar-refractivity contribution in [2.75, 3.05) is 12.4 Å². The van der Waals surface area contributed by atoms with Gasteiger partial charge < -0.3 is 40.4 Å². The predicted molar refractivity (Wildman–Crippen MR) is 138 cm³/mol. The summed E-state index contributed by atoms with van der Waals surface area (Å²) in [7, 11) is 1.34. The number of aliphatic hydroxyl groups excluding tert-OH is 1. The highest BCUT2D eigenvalue weighted by Crippen LogP contribution is 2.52. The molecule has 1 saturated heterocycles. The first-order chi connectivity index (χ1) is 18.4. The zero-order valence-corrected chi connectivity index (χ0v) is 22.7. The van der Waals surface area contributed by atoms with Gasteiger partial charge in [0, 0.05) is 42.0 Å². The molecule has 6 N–H and O–H groups in total. The highest BCUT2D eigenvalue weighted by atomic mass is 79.9. The Morgan fingerprint density at radius 2 is 1.87 bits per heavy atom. The SMILES string of the molecule is COc1cccc2c1C(=O)c1c(O)c3c(c(O)c1C2=O)C[C@@](O)(C(=O)CBr)C[C@@H]3O[C@H]1C[C@H](N)[C@H](O)[C@H](C)O1. The average Bonchev–Trinajstić information content (AvgIpc) is 2.90. The lowest BCUT2D eigenvalue weighted by atomic mass is 9.72. The molecule has 3 aliphatic rings. The summed E-state index contributed by atoms with van der Waals surface area (Å²) in [6, 6.07) is 3.74. The molecular weight excluding hydrogens is 578 g/mol. The minimum Gasteiger partial charge on any atom is -0.507 e. The standard InChI is InChI=1S/C27H28BrNO10/c1-10-22(31)13(29)6-17(38-10)39-15-8-27(36,16(30)9-28)7-12-19(15)26(35)21-20(24(12)33)23(32)11-4-3-5-14(37-2)18(11)25(21)34/h3-5,10,13,15,17,22,31,33,35-36H,6-9,29H2,1-2H3/t10-,13-,15-,17-,22+,27-/m0/s1. The van der Waals surface area contributed by atoms with E-state index in [1.165, 1.54) is 25.3 Å². The summed E-state index contributed by atoms with van der Waals surface area (Å²) in [5, 5.41) is 44.2. The molecular formula is C27H28BrNO10. The zero-order chi connectivity index (χ0) is 28.4. The molecule has 2 aliphatic carbocycles. The zero-order valence-electron chi connectivity index (χ0n) is 21.1. The number of rotatable bonds is 5. The van der Waals surface area contributed by atoms with Gasteiger partial charge in [0.25, 0.3) is 0 Å². The molecule has 1 fully saturated rings. The minimum absolute atomic E-state index is 0.0194. The van der Waals surface area contributed by atoms with Gasteiger partial charge in [-0.05, 0) is 13.0 Å². The molecule has 11 nitrogen and oxygen atoms in total. The van der Waals surface area contributed by atoms with Crippen LogP contribution in [0.3, 0.4) is 0 Å². The number of aromatic hydroxyl groups is 2. The summed E-state index contributed by atoms with van der Waals surface area (Å²) in [5.41, 5.74) is 2.91. The molecule has 1 aliphatic heterocycles. The molecule has 2 aromatic rings. The van der Waals surface area contributed by atoms with Crippen LogP contribution in [0.5, 0.6) is 17.2 Å². The van der Waals surface area contributed by atoms with E-state index in [-0.39, 0.29) is 46.2 Å². The third-order valence-electron chi connectivity index (χ3n) is 7.78. The van der Waals surface area contributed by atoms with Gasteiger partial charge in [-0.2, -0.15) is 0 Å². The van der Waals surface area contributed by atoms with Gasteiger partial charge in [-0.25, -0.2) is 0 Å². The van der Waals surface area contributed by atoms with Crippen LogP contribution in [0.4, 0.5) is 0 Å². The van der Waals surface area contributed by atoms with Crippen molar-refractivity contribution in [1.82, 2.24) is 0 Å². The number of phenolic OH excluding ortho intramolecular Hbond substituents is 2. The number of fused-ring (bicyclic) bond motifs is 3. The highest BCUT2D eigenvalue weighted by molar-refractivity contribution is 9.09. The number of hydrogen-bond acceptors (Lipinski definition) is 11. The molecule has 0 radical (unpaired) electrons. The predicted octanol–water partition coefficient (Wildman–Crippen LogP) is 1.40. The smallest absolute Gasteiger partial charge is 0.202 e. The van der Waals surface area contributed by atoms with Gasteiger partial charge in [-0.3, -0.25) is 14.4 Å². The van der Waals surface area contributed by atoms with Crippen molar-refractivity contribution < 1.29 is 49.0 Å². The van der Waals surface area contributed by atoms with Crippen LogP contribution in [0.25, 0.3) is 0 Å². The van der Waals surface area contributed by atoms with Crippen molar-refractivity contribution in [3.05, 3.63) is 51.6 Å². The molecule has 39 heavy (non-hydrogen) atoms. The number of halogens is 1. The Morgan fingerprint density at radius 3 is 2.51 bits per heavy atom. The summed E-state index contributed by atoms with van der Waals surface area (Å²) >= 11 is 3.07. The Labute approximate surface area is 231 Å². The van der Waals surface area contributed by atoms with E-state index in [0.717, 1.165) is 0 Å². The number of alkyl halides is 1. The number of Topliss-reactive ketones (excluding diaryl/α,β-unsaturated/α-hetero) is 1. The molecule has 208 valence electrons. The van der Waals surface area contributed by atoms with E-state index in [4.69, 9.17) is 19.9 Å². The normalized spacial score (nSPS) is 29.8. The van der Waals surface area contributed by atoms with Gasteiger partial charge >= 0.3 is 0 Å². The van der Waals surface area contributed by atoms with Gasteiger partial charge in [0.15, 0.2) is 17.9 Å². The van der Waals surface area contributed by atoms with Crippen molar-refractivity contribution in [2.24, 2.45) is 5.73 Å². The second-order valence-corrected chi connectivity index (χ2v) is 10.7. The number of aliphatic hydroxyl groups is 2. The number of benzene rings is 2. The minimum atomic E-state index is -2.04. The number of carbonyl (C=O) groups is 3. The van der Waals surface area contributed by atoms with Crippen LogP contribution in [-0.4, -0.2) is 80.4 Å². The van der Waals surface area contributed by atoms with Crippen molar-refractivity contribution in [1.29, 1.82) is 0 Å². The number of methoxy groups -OCH3 is 1. The fraction of sp³-hybridized carbons (Fsp3) is 0.444. The van der Waals surface area contributed by atoms with E-state index in [9.17, 15) is 34.8 Å². The van der Waals surface area contributed by atoms with Gasteiger partial charge in [0.05, 0.1) is 47.4 Å². The van der Waals surface area contributed by atoms with Crippen molar-refractivity contribution in [3.63, 3.8) is 0 Å². The molecule has 0 saturated carbocycles. The monoisotopic (exact) mass is 605 g/mol. The molecule has 0 bridgehead atoms. The second-order valence-electron chi connectivity index (χ2n) is 10.1. The van der Waals surface area contributed by atoms with Crippen LogP contribution >= 0.6 is 15.9 Å². The fourth-order valence-electron chi connectivity index (χ4n) is 5.73. The Balaban J connectivity index is 1.69. The third kappa shape index (κ3) is 4.26. The van der Waals surface area contributed by atoms with E-state index in [2.05, 4.69) is 15.9 Å². The molecule has 0 amide bonds. The van der Waals surface area contributed by atoms with Crippen LogP contribution in [-0.2, 0) is 20.7 Å². The lowest BCUT2D eigenvalue weighted by molar-refractivity contribution is -0.247. The molecule has 0 spiro atoms. The summed E-state index contributed by atoms with van der Waals surface area (Å²) in [6.45, 7) is 1.61. The summed E-state index contributed by atoms with van der Waals surface area (Å²) in [6.07, 6.45) is -4.62. The largest absolute Gasteiger partial charge is 0.507 e. The fourth-order valence-corrected chi connectivity index (χ4v) is 6.25. The maximum Gasteiger partial charge on any atom is 0.202 e. The van der Waals surface area contributed by atoms with Gasteiger partial charge in [0.2, 0.25) is 5.78 Å². The van der Waals surface area contributed by atoms with E-state index >= 15 is 0 Å². The Morgan fingerprint density at radius 1 is 1.18 bits per heavy atom. The number of ether oxygens (including phenoxy) is 3. The van der Waals surface area contributed by atoms with Crippen LogP contribution in [0.15, 0.2) is 18.2 Å². The van der Waals surface area contributed by atoms with Crippen LogP contribution < -0.4 is 10.5 Å². The first-order valence-electron chi connectivity index (χ1n) is 12.4. The number of carbonyl (C=O) groups excluding carboxylic acids is 3. The van der Waals surface area contributed by atoms with Crippen LogP contribution in [0.2, 0.25) is 0 Å². The van der Waals surface area contributed by atoms with Gasteiger partial charge in [-0.1, -0.05) is 28.1 Å². The summed E-state index contributed by atoms with van der Waals surface area (Å²) in [5.74, 6) is -3.20. The van der Waals surface area contributed by atoms with E-state index in [1.807, 2.05) is 0 Å².